The van der Waals surface area contributed by atoms with Gasteiger partial charge in [0.2, 0.25) is 0 Å². The van der Waals surface area contributed by atoms with Crippen LogP contribution in [0.4, 0.5) is 0 Å². The van der Waals surface area contributed by atoms with Gasteiger partial charge in [0.25, 0.3) is 0 Å². The van der Waals surface area contributed by atoms with E-state index in [4.69, 9.17) is 24.7 Å². The number of likely N-dealkylation sites (N-methyl/N-ethyl adjacent to an activating group) is 1. The Morgan fingerprint density at radius 2 is 1.45 bits per heavy atom. The van der Waals surface area contributed by atoms with Crippen molar-refractivity contribution < 1.29 is 18.9 Å². The minimum atomic E-state index is 0. The zero-order valence-electron chi connectivity index (χ0n) is 20.2. The van der Waals surface area contributed by atoms with Gasteiger partial charge in [-0.1, -0.05) is 26.0 Å². The van der Waals surface area contributed by atoms with Crippen molar-refractivity contribution in [2.45, 2.75) is 26.9 Å². The van der Waals surface area contributed by atoms with E-state index in [0.29, 0.717) is 42.9 Å². The highest BCUT2D eigenvalue weighted by atomic mass is 127. The molecule has 184 valence electrons. The quantitative estimate of drug-likeness (QED) is 0.215. The van der Waals surface area contributed by atoms with E-state index < -0.39 is 0 Å². The van der Waals surface area contributed by atoms with Gasteiger partial charge in [-0.15, -0.1) is 24.0 Å². The summed E-state index contributed by atoms with van der Waals surface area (Å²) in [5, 5.41) is 3.13. The fraction of sp³-hybridized carbons (Fsp3) is 0.458. The zero-order valence-corrected chi connectivity index (χ0v) is 22.6. The number of hydrogen-bond acceptors (Lipinski definition) is 6. The van der Waals surface area contributed by atoms with E-state index in [2.05, 4.69) is 29.1 Å². The molecule has 0 saturated carbocycles. The van der Waals surface area contributed by atoms with Crippen LogP contribution < -0.4 is 30.0 Å². The van der Waals surface area contributed by atoms with Gasteiger partial charge in [-0.2, -0.15) is 0 Å². The Morgan fingerprint density at radius 3 is 2.09 bits per heavy atom. The Hall–Kier alpha value is -2.40. The lowest BCUT2D eigenvalue weighted by Gasteiger charge is -2.19. The van der Waals surface area contributed by atoms with Gasteiger partial charge in [-0.25, -0.2) is 4.99 Å². The molecule has 33 heavy (non-hydrogen) atoms. The first-order valence-corrected chi connectivity index (χ1v) is 10.8. The molecule has 0 atom stereocenters. The summed E-state index contributed by atoms with van der Waals surface area (Å²) in [7, 11) is 4.86. The van der Waals surface area contributed by atoms with Crippen LogP contribution >= 0.6 is 24.0 Å². The Morgan fingerprint density at radius 1 is 0.879 bits per heavy atom. The number of nitrogens with one attached hydrogen (secondary N) is 1. The predicted molar refractivity (Wildman–Crippen MR) is 143 cm³/mol. The molecule has 0 aliphatic carbocycles. The first kappa shape index (κ1) is 28.6. The van der Waals surface area contributed by atoms with Crippen LogP contribution in [0.1, 0.15) is 25.0 Å². The number of ether oxygens (including phenoxy) is 4. The summed E-state index contributed by atoms with van der Waals surface area (Å²) < 4.78 is 22.0. The van der Waals surface area contributed by atoms with Crippen molar-refractivity contribution in [1.29, 1.82) is 0 Å². The van der Waals surface area contributed by atoms with Crippen LogP contribution in [0.3, 0.4) is 0 Å². The second kappa shape index (κ2) is 15.4. The molecule has 2 aromatic carbocycles. The fourth-order valence-electron chi connectivity index (χ4n) is 3.17. The molecule has 0 amide bonds. The van der Waals surface area contributed by atoms with E-state index in [1.165, 1.54) is 0 Å². The van der Waals surface area contributed by atoms with Gasteiger partial charge >= 0.3 is 0 Å². The van der Waals surface area contributed by atoms with Crippen molar-refractivity contribution in [2.75, 3.05) is 47.6 Å². The highest BCUT2D eigenvalue weighted by Crippen LogP contribution is 2.29. The molecule has 0 fully saturated rings. The summed E-state index contributed by atoms with van der Waals surface area (Å²) in [6.07, 6.45) is 0. The van der Waals surface area contributed by atoms with Crippen molar-refractivity contribution in [3.8, 4) is 23.0 Å². The molecule has 3 N–H and O–H groups in total. The van der Waals surface area contributed by atoms with Crippen LogP contribution in [-0.4, -0.2) is 58.4 Å². The molecule has 0 bridgehead atoms. The second-order valence-electron chi connectivity index (χ2n) is 7.10. The number of hydrogen-bond donors (Lipinski definition) is 2. The van der Waals surface area contributed by atoms with Crippen LogP contribution in [0.25, 0.3) is 0 Å². The Bertz CT molecular complexity index is 876. The molecule has 0 aliphatic heterocycles. The minimum absolute atomic E-state index is 0. The molecule has 0 radical (unpaired) electrons. The van der Waals surface area contributed by atoms with E-state index in [1.54, 1.807) is 21.3 Å². The number of aliphatic imine (C=N–C) groups is 1. The molecule has 8 nitrogen and oxygen atoms in total. The monoisotopic (exact) mass is 572 g/mol. The highest BCUT2D eigenvalue weighted by molar-refractivity contribution is 14.0. The van der Waals surface area contributed by atoms with Gasteiger partial charge in [-0.05, 0) is 48.5 Å². The Kier molecular flexibility index (Phi) is 13.4. The smallest absolute Gasteiger partial charge is 0.189 e. The van der Waals surface area contributed by atoms with Crippen molar-refractivity contribution in [1.82, 2.24) is 10.2 Å². The molecule has 0 saturated heterocycles. The number of nitrogens with two attached hydrogens (primary N) is 1. The third kappa shape index (κ3) is 9.17. The minimum Gasteiger partial charge on any atom is -0.493 e. The summed E-state index contributed by atoms with van der Waals surface area (Å²) in [6.45, 7) is 8.77. The lowest BCUT2D eigenvalue weighted by atomic mass is 10.2. The van der Waals surface area contributed by atoms with E-state index in [0.717, 1.165) is 36.5 Å². The third-order valence-corrected chi connectivity index (χ3v) is 5.14. The molecule has 0 unspecified atom stereocenters. The van der Waals surface area contributed by atoms with Gasteiger partial charge in [-0.3, -0.25) is 0 Å². The number of rotatable bonds is 13. The maximum Gasteiger partial charge on any atom is 0.189 e. The normalized spacial score (nSPS) is 11.0. The van der Waals surface area contributed by atoms with Gasteiger partial charge < -0.3 is 34.9 Å². The summed E-state index contributed by atoms with van der Waals surface area (Å²) >= 11 is 0. The van der Waals surface area contributed by atoms with Crippen molar-refractivity contribution in [2.24, 2.45) is 10.7 Å². The number of guanidine groups is 1. The maximum absolute atomic E-state index is 6.04. The Balaban J connectivity index is 0.00000544. The summed E-state index contributed by atoms with van der Waals surface area (Å²) in [5.74, 6) is 3.14. The lowest BCUT2D eigenvalue weighted by molar-refractivity contribution is 0.217. The van der Waals surface area contributed by atoms with Gasteiger partial charge in [0, 0.05) is 13.1 Å². The van der Waals surface area contributed by atoms with Crippen molar-refractivity contribution >= 4 is 29.9 Å². The van der Waals surface area contributed by atoms with E-state index in [-0.39, 0.29) is 24.0 Å². The molecular weight excluding hydrogens is 535 g/mol. The molecule has 0 aliphatic rings. The molecule has 0 aromatic heterocycles. The van der Waals surface area contributed by atoms with Crippen molar-refractivity contribution in [3.05, 3.63) is 47.5 Å². The molecule has 0 spiro atoms. The maximum atomic E-state index is 6.04. The van der Waals surface area contributed by atoms with Crippen LogP contribution in [0, 0.1) is 0 Å². The number of halogens is 1. The largest absolute Gasteiger partial charge is 0.493 e. The molecule has 9 heteroatoms. The fourth-order valence-corrected chi connectivity index (χ4v) is 3.17. The predicted octanol–water partition coefficient (Wildman–Crippen LogP) is 3.66. The summed E-state index contributed by atoms with van der Waals surface area (Å²) in [6, 6.07) is 11.5. The first-order valence-electron chi connectivity index (χ1n) is 10.8. The van der Waals surface area contributed by atoms with Crippen LogP contribution in [0.2, 0.25) is 0 Å². The van der Waals surface area contributed by atoms with Gasteiger partial charge in [0.15, 0.2) is 29.0 Å². The number of benzene rings is 2. The van der Waals surface area contributed by atoms with Crippen LogP contribution in [-0.2, 0) is 13.1 Å². The summed E-state index contributed by atoms with van der Waals surface area (Å²) in [5.41, 5.74) is 8.03. The SMILES string of the molecule is CCN(CC)CCOc1ccc(CNC(N)=NCc2ccc(OC)c(OC)c2)cc1OC.I. The molecular formula is C24H37IN4O4. The van der Waals surface area contributed by atoms with Gasteiger partial charge in [0.05, 0.1) is 27.9 Å². The van der Waals surface area contributed by atoms with Gasteiger partial charge in [0.1, 0.15) is 6.61 Å². The highest BCUT2D eigenvalue weighted by Gasteiger charge is 2.08. The molecule has 0 heterocycles. The standard InChI is InChI=1S/C24H36N4O4.HI/c1-6-28(7-2)12-13-32-21-11-9-19(15-23(21)31-5)17-27-24(25)26-16-18-8-10-20(29-3)22(14-18)30-4;/h8-11,14-15H,6-7,12-13,16-17H2,1-5H3,(H3,25,26,27);1H. The number of nitrogens with zero attached hydrogens (tertiary/aromatic N) is 2. The van der Waals surface area contributed by atoms with E-state index in [1.807, 2.05) is 36.4 Å². The molecule has 2 aromatic rings. The summed E-state index contributed by atoms with van der Waals surface area (Å²) in [4.78, 5) is 6.71. The van der Waals surface area contributed by atoms with E-state index >= 15 is 0 Å². The van der Waals surface area contributed by atoms with Crippen molar-refractivity contribution in [3.63, 3.8) is 0 Å². The second-order valence-corrected chi connectivity index (χ2v) is 7.10. The van der Waals surface area contributed by atoms with E-state index in [9.17, 15) is 0 Å². The number of methoxy groups -OCH3 is 3. The third-order valence-electron chi connectivity index (χ3n) is 5.14. The Labute approximate surface area is 214 Å². The van der Waals surface area contributed by atoms with Crippen LogP contribution in [0.5, 0.6) is 23.0 Å². The zero-order chi connectivity index (χ0) is 23.3. The average Bonchev–Trinajstić information content (AvgIpc) is 2.84. The van der Waals surface area contributed by atoms with Crippen LogP contribution in [0.15, 0.2) is 41.4 Å². The topological polar surface area (TPSA) is 90.6 Å². The molecule has 2 rings (SSSR count). The average molecular weight is 572 g/mol. The first-order chi connectivity index (χ1) is 15.5. The lowest BCUT2D eigenvalue weighted by Crippen LogP contribution is -2.31.